The van der Waals surface area contributed by atoms with Gasteiger partial charge < -0.3 is 16.0 Å². The molecule has 0 spiro atoms. The van der Waals surface area contributed by atoms with Crippen molar-refractivity contribution in [3.63, 3.8) is 0 Å². The largest absolute Gasteiger partial charge is 0.340 e. The van der Waals surface area contributed by atoms with E-state index in [1.54, 1.807) is 78.6 Å². The summed E-state index contributed by atoms with van der Waals surface area (Å²) in [5.74, 6) is -1.12. The van der Waals surface area contributed by atoms with E-state index in [2.05, 4.69) is 21.0 Å². The molecule has 0 aliphatic rings. The fourth-order valence-electron chi connectivity index (χ4n) is 3.13. The van der Waals surface area contributed by atoms with E-state index >= 15 is 0 Å². The number of aromatic nitrogens is 2. The van der Waals surface area contributed by atoms with E-state index in [0.29, 0.717) is 22.0 Å². The fraction of sp³-hybridized carbons (Fsp3) is 0.250. The molecule has 0 aliphatic heterocycles. The summed E-state index contributed by atoms with van der Waals surface area (Å²) < 4.78 is 1.55. The Morgan fingerprint density at radius 2 is 1.55 bits per heavy atom. The topological polar surface area (TPSA) is 105 Å². The van der Waals surface area contributed by atoms with Crippen LogP contribution in [0, 0.1) is 5.92 Å². The first-order chi connectivity index (χ1) is 15.7. The van der Waals surface area contributed by atoms with Gasteiger partial charge in [-0.05, 0) is 61.4 Å². The number of carbonyl (C=O) groups excluding carboxylic acids is 3. The molecule has 0 saturated carbocycles. The van der Waals surface area contributed by atoms with Crippen LogP contribution in [-0.2, 0) is 9.59 Å². The first-order valence-corrected chi connectivity index (χ1v) is 10.9. The summed E-state index contributed by atoms with van der Waals surface area (Å²) in [5.41, 5.74) is 1.44. The second kappa shape index (κ2) is 10.8. The maximum Gasteiger partial charge on any atom is 0.251 e. The molecule has 2 unspecified atom stereocenters. The Morgan fingerprint density at radius 3 is 2.12 bits per heavy atom. The Morgan fingerprint density at radius 1 is 0.909 bits per heavy atom. The van der Waals surface area contributed by atoms with E-state index in [1.807, 2.05) is 13.8 Å². The number of carbonyl (C=O) groups is 3. The molecule has 2 aromatic carbocycles. The number of hydrogen-bond acceptors (Lipinski definition) is 4. The molecule has 0 fully saturated rings. The van der Waals surface area contributed by atoms with Crippen molar-refractivity contribution < 1.29 is 14.4 Å². The Bertz CT molecular complexity index is 1110. The maximum absolute atomic E-state index is 12.9. The predicted octanol–water partition coefficient (Wildman–Crippen LogP) is 4.13. The van der Waals surface area contributed by atoms with E-state index in [4.69, 9.17) is 11.6 Å². The molecule has 0 aliphatic carbocycles. The monoisotopic (exact) mass is 467 g/mol. The molecule has 172 valence electrons. The van der Waals surface area contributed by atoms with Crippen LogP contribution in [-0.4, -0.2) is 33.5 Å². The van der Waals surface area contributed by atoms with Crippen LogP contribution in [0.2, 0.25) is 5.02 Å². The lowest BCUT2D eigenvalue weighted by Gasteiger charge is -2.22. The summed E-state index contributed by atoms with van der Waals surface area (Å²) in [6.45, 7) is 5.43. The van der Waals surface area contributed by atoms with Gasteiger partial charge in [0.25, 0.3) is 5.91 Å². The van der Waals surface area contributed by atoms with Crippen molar-refractivity contribution in [3.05, 3.63) is 77.6 Å². The van der Waals surface area contributed by atoms with Crippen molar-refractivity contribution in [1.82, 2.24) is 15.1 Å². The first-order valence-electron chi connectivity index (χ1n) is 10.5. The molecule has 9 heteroatoms. The minimum atomic E-state index is -0.758. The van der Waals surface area contributed by atoms with Gasteiger partial charge in [0.1, 0.15) is 12.1 Å². The van der Waals surface area contributed by atoms with Gasteiger partial charge in [-0.1, -0.05) is 31.5 Å². The number of rotatable bonds is 8. The van der Waals surface area contributed by atoms with Gasteiger partial charge >= 0.3 is 0 Å². The Kier molecular flexibility index (Phi) is 7.84. The predicted molar refractivity (Wildman–Crippen MR) is 128 cm³/mol. The normalized spacial score (nSPS) is 12.6. The Hall–Kier alpha value is -3.65. The van der Waals surface area contributed by atoms with E-state index in [0.717, 1.165) is 0 Å². The van der Waals surface area contributed by atoms with E-state index in [-0.39, 0.29) is 23.6 Å². The lowest BCUT2D eigenvalue weighted by atomic mass is 10.0. The number of nitrogens with zero attached hydrogens (tertiary/aromatic N) is 2. The SMILES string of the molecule is CC(C)C(NC(=O)c1ccc(Cl)cc1)C(=O)Nc1cccc(NC(=O)C(C)n2cccn2)c1. The van der Waals surface area contributed by atoms with Gasteiger partial charge in [0, 0.05) is 34.4 Å². The number of anilines is 2. The minimum Gasteiger partial charge on any atom is -0.340 e. The van der Waals surface area contributed by atoms with E-state index < -0.39 is 12.1 Å². The smallest absolute Gasteiger partial charge is 0.251 e. The third-order valence-electron chi connectivity index (χ3n) is 5.04. The van der Waals surface area contributed by atoms with Crippen LogP contribution in [0.1, 0.15) is 37.2 Å². The maximum atomic E-state index is 12.9. The molecule has 8 nitrogen and oxygen atoms in total. The van der Waals surface area contributed by atoms with Crippen LogP contribution in [0.15, 0.2) is 67.0 Å². The molecule has 0 saturated heterocycles. The number of nitrogens with one attached hydrogen (secondary N) is 3. The number of amides is 3. The molecule has 2 atom stereocenters. The molecular formula is C24H26ClN5O3. The van der Waals surface area contributed by atoms with Gasteiger partial charge in [0.2, 0.25) is 11.8 Å². The lowest BCUT2D eigenvalue weighted by Crippen LogP contribution is -2.47. The molecule has 3 amide bonds. The van der Waals surface area contributed by atoms with Crippen LogP contribution < -0.4 is 16.0 Å². The van der Waals surface area contributed by atoms with Crippen LogP contribution in [0.4, 0.5) is 11.4 Å². The van der Waals surface area contributed by atoms with Crippen LogP contribution >= 0.6 is 11.6 Å². The van der Waals surface area contributed by atoms with Crippen molar-refractivity contribution in [3.8, 4) is 0 Å². The molecule has 3 N–H and O–H groups in total. The quantitative estimate of drug-likeness (QED) is 0.463. The van der Waals surface area contributed by atoms with Gasteiger partial charge in [-0.2, -0.15) is 5.10 Å². The zero-order valence-corrected chi connectivity index (χ0v) is 19.3. The summed E-state index contributed by atoms with van der Waals surface area (Å²) in [4.78, 5) is 38.0. The van der Waals surface area contributed by atoms with Crippen LogP contribution in [0.3, 0.4) is 0 Å². The lowest BCUT2D eigenvalue weighted by molar-refractivity contribution is -0.119. The van der Waals surface area contributed by atoms with Crippen molar-refractivity contribution >= 4 is 40.7 Å². The van der Waals surface area contributed by atoms with Gasteiger partial charge in [0.15, 0.2) is 0 Å². The van der Waals surface area contributed by atoms with Gasteiger partial charge in [-0.25, -0.2) is 0 Å². The van der Waals surface area contributed by atoms with Crippen molar-refractivity contribution in [1.29, 1.82) is 0 Å². The highest BCUT2D eigenvalue weighted by Gasteiger charge is 2.25. The van der Waals surface area contributed by atoms with Gasteiger partial charge in [-0.3, -0.25) is 19.1 Å². The molecule has 3 rings (SSSR count). The molecule has 1 heterocycles. The van der Waals surface area contributed by atoms with Crippen molar-refractivity contribution in [2.75, 3.05) is 10.6 Å². The highest BCUT2D eigenvalue weighted by atomic mass is 35.5. The summed E-state index contributed by atoms with van der Waals surface area (Å²) in [6.07, 6.45) is 3.32. The van der Waals surface area contributed by atoms with E-state index in [1.165, 1.54) is 0 Å². The average molecular weight is 468 g/mol. The summed E-state index contributed by atoms with van der Waals surface area (Å²) >= 11 is 5.87. The van der Waals surface area contributed by atoms with Crippen LogP contribution in [0.5, 0.6) is 0 Å². The number of halogens is 1. The third-order valence-corrected chi connectivity index (χ3v) is 5.29. The van der Waals surface area contributed by atoms with Gasteiger partial charge in [-0.15, -0.1) is 0 Å². The second-order valence-electron chi connectivity index (χ2n) is 7.92. The van der Waals surface area contributed by atoms with Crippen molar-refractivity contribution in [2.24, 2.45) is 5.92 Å². The zero-order valence-electron chi connectivity index (χ0n) is 18.6. The molecule has 33 heavy (non-hydrogen) atoms. The molecule has 1 aromatic heterocycles. The van der Waals surface area contributed by atoms with Crippen molar-refractivity contribution in [2.45, 2.75) is 32.9 Å². The average Bonchev–Trinajstić information content (AvgIpc) is 3.32. The zero-order chi connectivity index (χ0) is 24.0. The Balaban J connectivity index is 1.65. The number of benzene rings is 2. The molecule has 0 radical (unpaired) electrons. The minimum absolute atomic E-state index is 0.154. The third kappa shape index (κ3) is 6.43. The molecule has 0 bridgehead atoms. The van der Waals surface area contributed by atoms with E-state index in [9.17, 15) is 14.4 Å². The summed E-state index contributed by atoms with van der Waals surface area (Å²) in [5, 5.41) is 13.0. The Labute approximate surface area is 197 Å². The first kappa shape index (κ1) is 24.0. The van der Waals surface area contributed by atoms with Crippen LogP contribution in [0.25, 0.3) is 0 Å². The summed E-state index contributed by atoms with van der Waals surface area (Å²) in [6, 6.07) is 13.8. The molecule has 3 aromatic rings. The van der Waals surface area contributed by atoms with Gasteiger partial charge in [0.05, 0.1) is 0 Å². The second-order valence-corrected chi connectivity index (χ2v) is 8.36. The number of hydrogen-bond donors (Lipinski definition) is 3. The standard InChI is InChI=1S/C24H26ClN5O3/c1-15(2)21(29-23(32)17-8-10-18(25)11-9-17)24(33)28-20-7-4-6-19(14-20)27-22(31)16(3)30-13-5-12-26-30/h4-16,21H,1-3H3,(H,27,31)(H,28,33)(H,29,32). The highest BCUT2D eigenvalue weighted by molar-refractivity contribution is 6.30. The summed E-state index contributed by atoms with van der Waals surface area (Å²) in [7, 11) is 0. The highest BCUT2D eigenvalue weighted by Crippen LogP contribution is 2.18. The fourth-order valence-corrected chi connectivity index (χ4v) is 3.26. The molecular weight excluding hydrogens is 442 g/mol.